The van der Waals surface area contributed by atoms with Gasteiger partial charge in [-0.3, -0.25) is 9.36 Å². The van der Waals surface area contributed by atoms with Crippen LogP contribution in [0.15, 0.2) is 48.8 Å². The van der Waals surface area contributed by atoms with Gasteiger partial charge in [0, 0.05) is 18.1 Å². The van der Waals surface area contributed by atoms with Gasteiger partial charge in [-0.05, 0) is 50.6 Å². The predicted molar refractivity (Wildman–Crippen MR) is 96.0 cm³/mol. The van der Waals surface area contributed by atoms with Crippen LogP contribution in [0.25, 0.3) is 5.69 Å². The maximum atomic E-state index is 13.2. The Morgan fingerprint density at radius 3 is 2.04 bits per heavy atom. The number of nitrogens with zero attached hydrogens (tertiary/aromatic N) is 1. The molecule has 0 amide bonds. The second kappa shape index (κ2) is 8.99. The Labute approximate surface area is 148 Å². The Morgan fingerprint density at radius 1 is 1.00 bits per heavy atom. The maximum Gasteiger partial charge on any atom is 0.349 e. The lowest BCUT2D eigenvalue weighted by atomic mass is 10.1. The number of hydrogen-bond donors (Lipinski definition) is 0. The van der Waals surface area contributed by atoms with Gasteiger partial charge < -0.3 is 18.4 Å². The van der Waals surface area contributed by atoms with E-state index in [4.69, 9.17) is 13.8 Å². The molecule has 1 aromatic heterocycles. The van der Waals surface area contributed by atoms with Gasteiger partial charge in [-0.25, -0.2) is 0 Å². The van der Waals surface area contributed by atoms with Crippen LogP contribution in [0.3, 0.4) is 0 Å². The summed E-state index contributed by atoms with van der Waals surface area (Å²) in [5.74, 6) is -0.610. The first-order chi connectivity index (χ1) is 12.1. The molecule has 25 heavy (non-hydrogen) atoms. The van der Waals surface area contributed by atoms with Crippen molar-refractivity contribution in [1.29, 1.82) is 0 Å². The van der Waals surface area contributed by atoms with Gasteiger partial charge in [-0.1, -0.05) is 12.1 Å². The lowest BCUT2D eigenvalue weighted by Crippen LogP contribution is -2.19. The van der Waals surface area contributed by atoms with Crippen LogP contribution >= 0.6 is 7.60 Å². The summed E-state index contributed by atoms with van der Waals surface area (Å²) < 4.78 is 31.0. The number of aromatic nitrogens is 1. The van der Waals surface area contributed by atoms with E-state index in [0.717, 1.165) is 5.69 Å². The minimum absolute atomic E-state index is 0.175. The molecule has 136 valence electrons. The van der Waals surface area contributed by atoms with Crippen molar-refractivity contribution in [2.45, 2.75) is 26.4 Å². The number of rotatable bonds is 9. The average Bonchev–Trinajstić information content (AvgIpc) is 3.11. The molecular formula is C18H24NO5P. The van der Waals surface area contributed by atoms with E-state index in [1.54, 1.807) is 32.9 Å². The smallest absolute Gasteiger partial charge is 0.349 e. The molecule has 0 aliphatic heterocycles. The van der Waals surface area contributed by atoms with Crippen LogP contribution in [0.5, 0.6) is 0 Å². The van der Waals surface area contributed by atoms with Gasteiger partial charge in [0.15, 0.2) is 5.66 Å². The standard InChI is InChI=1S/C18H24NO5P/c1-4-22-18(20)17(25(21,23-5-2)24-6-3)15-9-11-16(12-10-15)19-13-7-8-14-19/h7-14,17H,4-6H2,1-3H3. The summed E-state index contributed by atoms with van der Waals surface area (Å²) in [6.45, 7) is 5.67. The highest BCUT2D eigenvalue weighted by Crippen LogP contribution is 2.61. The number of carbonyl (C=O) groups is 1. The normalized spacial score (nSPS) is 12.8. The molecule has 1 unspecified atom stereocenters. The number of hydrogen-bond acceptors (Lipinski definition) is 5. The monoisotopic (exact) mass is 365 g/mol. The fourth-order valence-corrected chi connectivity index (χ4v) is 4.51. The largest absolute Gasteiger partial charge is 0.465 e. The molecule has 0 N–H and O–H groups in total. The van der Waals surface area contributed by atoms with Crippen LogP contribution in [0.2, 0.25) is 0 Å². The molecule has 0 fully saturated rings. The third-order valence-electron chi connectivity index (χ3n) is 3.56. The van der Waals surface area contributed by atoms with Crippen molar-refractivity contribution in [3.05, 3.63) is 54.4 Å². The number of carbonyl (C=O) groups excluding carboxylic acids is 1. The van der Waals surface area contributed by atoms with Gasteiger partial charge in [0.05, 0.1) is 19.8 Å². The Hall–Kier alpha value is -1.88. The van der Waals surface area contributed by atoms with Crippen LogP contribution in [0, 0.1) is 0 Å². The highest BCUT2D eigenvalue weighted by Gasteiger charge is 2.43. The summed E-state index contributed by atoms with van der Waals surface area (Å²) >= 11 is 0. The van der Waals surface area contributed by atoms with E-state index in [1.807, 2.05) is 41.2 Å². The summed E-state index contributed by atoms with van der Waals surface area (Å²) in [6.07, 6.45) is 3.84. The van der Waals surface area contributed by atoms with E-state index < -0.39 is 19.2 Å². The minimum Gasteiger partial charge on any atom is -0.465 e. The molecule has 1 heterocycles. The Bertz CT molecular complexity index is 702. The molecule has 0 saturated carbocycles. The zero-order chi connectivity index (χ0) is 18.3. The zero-order valence-corrected chi connectivity index (χ0v) is 15.6. The third kappa shape index (κ3) is 4.60. The van der Waals surface area contributed by atoms with Gasteiger partial charge in [-0.2, -0.15) is 0 Å². The molecular weight excluding hydrogens is 341 g/mol. The predicted octanol–water partition coefficient (Wildman–Crippen LogP) is 4.35. The average molecular weight is 365 g/mol. The SMILES string of the molecule is CCOC(=O)C(c1ccc(-n2cccc2)cc1)P(=O)(OCC)OCC. The summed E-state index contributed by atoms with van der Waals surface area (Å²) in [4.78, 5) is 12.5. The minimum atomic E-state index is -3.69. The van der Waals surface area contributed by atoms with Crippen molar-refractivity contribution in [1.82, 2.24) is 4.57 Å². The second-order valence-electron chi connectivity index (χ2n) is 5.21. The molecule has 0 saturated heterocycles. The topological polar surface area (TPSA) is 66.8 Å². The number of benzene rings is 1. The molecule has 1 aromatic carbocycles. The highest BCUT2D eigenvalue weighted by molar-refractivity contribution is 7.55. The summed E-state index contributed by atoms with van der Waals surface area (Å²) in [7, 11) is -3.69. The van der Waals surface area contributed by atoms with Crippen molar-refractivity contribution in [2.75, 3.05) is 19.8 Å². The van der Waals surface area contributed by atoms with Crippen LogP contribution in [-0.2, 0) is 23.1 Å². The maximum absolute atomic E-state index is 13.2. The van der Waals surface area contributed by atoms with Crippen LogP contribution in [0.1, 0.15) is 32.0 Å². The van der Waals surface area contributed by atoms with Crippen molar-refractivity contribution in [2.24, 2.45) is 0 Å². The first kappa shape index (κ1) is 19.4. The van der Waals surface area contributed by atoms with Gasteiger partial charge in [0.1, 0.15) is 0 Å². The van der Waals surface area contributed by atoms with E-state index >= 15 is 0 Å². The van der Waals surface area contributed by atoms with E-state index in [-0.39, 0.29) is 19.8 Å². The summed E-state index contributed by atoms with van der Waals surface area (Å²) in [5.41, 5.74) is 0.365. The Morgan fingerprint density at radius 2 is 1.56 bits per heavy atom. The fraction of sp³-hybridized carbons (Fsp3) is 0.389. The van der Waals surface area contributed by atoms with Crippen molar-refractivity contribution >= 4 is 13.6 Å². The molecule has 0 aliphatic rings. The third-order valence-corrected chi connectivity index (χ3v) is 5.93. The van der Waals surface area contributed by atoms with E-state index in [1.165, 1.54) is 0 Å². The second-order valence-corrected chi connectivity index (χ2v) is 7.32. The van der Waals surface area contributed by atoms with Gasteiger partial charge in [0.25, 0.3) is 0 Å². The fourth-order valence-electron chi connectivity index (χ4n) is 2.55. The molecule has 0 radical (unpaired) electrons. The Kier molecular flexibility index (Phi) is 7.00. The lowest BCUT2D eigenvalue weighted by Gasteiger charge is -2.25. The summed E-state index contributed by atoms with van der Waals surface area (Å²) in [6, 6.07) is 11.1. The lowest BCUT2D eigenvalue weighted by molar-refractivity contribution is -0.143. The number of esters is 1. The van der Waals surface area contributed by atoms with E-state index in [2.05, 4.69) is 0 Å². The molecule has 0 spiro atoms. The van der Waals surface area contributed by atoms with Crippen molar-refractivity contribution < 1.29 is 23.1 Å². The van der Waals surface area contributed by atoms with Crippen molar-refractivity contribution in [3.63, 3.8) is 0 Å². The first-order valence-corrected chi connectivity index (χ1v) is 9.95. The van der Waals surface area contributed by atoms with Crippen molar-refractivity contribution in [3.8, 4) is 5.69 Å². The van der Waals surface area contributed by atoms with E-state index in [9.17, 15) is 9.36 Å². The van der Waals surface area contributed by atoms with E-state index in [0.29, 0.717) is 5.56 Å². The molecule has 0 aliphatic carbocycles. The molecule has 0 bridgehead atoms. The van der Waals surface area contributed by atoms with Crippen LogP contribution in [0.4, 0.5) is 0 Å². The molecule has 2 rings (SSSR count). The first-order valence-electron chi connectivity index (χ1n) is 8.34. The molecule has 1 atom stereocenters. The van der Waals surface area contributed by atoms with Gasteiger partial charge >= 0.3 is 13.6 Å². The molecule has 2 aromatic rings. The number of ether oxygens (including phenoxy) is 1. The van der Waals surface area contributed by atoms with Crippen LogP contribution < -0.4 is 0 Å². The molecule has 7 heteroatoms. The summed E-state index contributed by atoms with van der Waals surface area (Å²) in [5, 5.41) is 0. The quantitative estimate of drug-likeness (QED) is 0.488. The highest BCUT2D eigenvalue weighted by atomic mass is 31.2. The molecule has 6 nitrogen and oxygen atoms in total. The zero-order valence-electron chi connectivity index (χ0n) is 14.8. The van der Waals surface area contributed by atoms with Gasteiger partial charge in [0.2, 0.25) is 0 Å². The van der Waals surface area contributed by atoms with Gasteiger partial charge in [-0.15, -0.1) is 0 Å². The Balaban J connectivity index is 2.41. The van der Waals surface area contributed by atoms with Crippen LogP contribution in [-0.4, -0.2) is 30.4 Å².